The Morgan fingerprint density at radius 2 is 1.84 bits per heavy atom. The highest BCUT2D eigenvalue weighted by atomic mass is 79.9. The molecule has 0 spiro atoms. The molecule has 0 radical (unpaired) electrons. The second-order valence-corrected chi connectivity index (χ2v) is 4.55. The molecule has 0 heterocycles. The average Bonchev–Trinajstić information content (AvgIpc) is 2.46. The lowest BCUT2D eigenvalue weighted by Crippen LogP contribution is -2.01. The molecular weight excluding hydrogens is 311 g/mol. The van der Waals surface area contributed by atoms with E-state index in [4.69, 9.17) is 9.47 Å². The van der Waals surface area contributed by atoms with E-state index in [9.17, 15) is 4.39 Å². The molecule has 0 saturated heterocycles. The predicted molar refractivity (Wildman–Crippen MR) is 76.4 cm³/mol. The lowest BCUT2D eigenvalue weighted by Gasteiger charge is -2.12. The summed E-state index contributed by atoms with van der Waals surface area (Å²) in [5.74, 6) is 0.656. The fourth-order valence-electron chi connectivity index (χ4n) is 1.73. The van der Waals surface area contributed by atoms with E-state index >= 15 is 0 Å². The van der Waals surface area contributed by atoms with Gasteiger partial charge >= 0.3 is 0 Å². The fourth-order valence-corrected chi connectivity index (χ4v) is 2.25. The Bertz CT molecular complexity index is 543. The van der Waals surface area contributed by atoms with Crippen LogP contribution in [0.15, 0.2) is 42.5 Å². The maximum absolute atomic E-state index is 13.6. The largest absolute Gasteiger partial charge is 0.494 e. The lowest BCUT2D eigenvalue weighted by atomic mass is 10.1. The first-order valence-electron chi connectivity index (χ1n) is 5.83. The summed E-state index contributed by atoms with van der Waals surface area (Å²) >= 11 is 3.35. The van der Waals surface area contributed by atoms with Crippen molar-refractivity contribution >= 4 is 15.9 Å². The molecule has 2 aromatic carbocycles. The summed E-state index contributed by atoms with van der Waals surface area (Å²) in [6.07, 6.45) is 0. The van der Waals surface area contributed by atoms with Crippen molar-refractivity contribution in [2.75, 3.05) is 7.11 Å². The molecule has 0 aliphatic heterocycles. The summed E-state index contributed by atoms with van der Waals surface area (Å²) in [5, 5.41) is 0.571. The zero-order chi connectivity index (χ0) is 13.7. The van der Waals surface area contributed by atoms with Crippen molar-refractivity contribution in [2.24, 2.45) is 0 Å². The Hall–Kier alpha value is -1.55. The maximum atomic E-state index is 13.6. The van der Waals surface area contributed by atoms with Gasteiger partial charge in [-0.25, -0.2) is 4.39 Å². The molecule has 0 amide bonds. The third kappa shape index (κ3) is 3.47. The van der Waals surface area contributed by atoms with Gasteiger partial charge in [-0.2, -0.15) is 0 Å². The monoisotopic (exact) mass is 324 g/mol. The molecule has 19 heavy (non-hydrogen) atoms. The van der Waals surface area contributed by atoms with Gasteiger partial charge in [0.25, 0.3) is 0 Å². The third-order valence-electron chi connectivity index (χ3n) is 2.76. The number of ether oxygens (including phenoxy) is 2. The molecule has 0 unspecified atom stereocenters. The molecule has 2 aromatic rings. The van der Waals surface area contributed by atoms with Gasteiger partial charge in [0, 0.05) is 5.33 Å². The van der Waals surface area contributed by atoms with Crippen molar-refractivity contribution < 1.29 is 13.9 Å². The van der Waals surface area contributed by atoms with Gasteiger partial charge in [0.2, 0.25) is 0 Å². The third-order valence-corrected chi connectivity index (χ3v) is 3.36. The van der Waals surface area contributed by atoms with Crippen LogP contribution in [0.4, 0.5) is 4.39 Å². The second kappa shape index (κ2) is 6.57. The van der Waals surface area contributed by atoms with Gasteiger partial charge in [0.05, 0.1) is 7.11 Å². The quantitative estimate of drug-likeness (QED) is 0.763. The van der Waals surface area contributed by atoms with Crippen LogP contribution in [-0.2, 0) is 11.9 Å². The molecule has 0 aliphatic carbocycles. The molecule has 0 atom stereocenters. The van der Waals surface area contributed by atoms with Gasteiger partial charge in [0.1, 0.15) is 12.4 Å². The van der Waals surface area contributed by atoms with E-state index in [1.807, 2.05) is 30.3 Å². The summed E-state index contributed by atoms with van der Waals surface area (Å²) in [6.45, 7) is 0.377. The van der Waals surface area contributed by atoms with Gasteiger partial charge in [0.15, 0.2) is 11.6 Å². The summed E-state index contributed by atoms with van der Waals surface area (Å²) < 4.78 is 24.3. The van der Waals surface area contributed by atoms with Crippen LogP contribution < -0.4 is 9.47 Å². The fraction of sp³-hybridized carbons (Fsp3) is 0.200. The highest BCUT2D eigenvalue weighted by Crippen LogP contribution is 2.25. The number of hydrogen-bond acceptors (Lipinski definition) is 2. The molecule has 0 saturated carbocycles. The van der Waals surface area contributed by atoms with Crippen molar-refractivity contribution in [3.63, 3.8) is 0 Å². The van der Waals surface area contributed by atoms with Crippen LogP contribution >= 0.6 is 15.9 Å². The summed E-state index contributed by atoms with van der Waals surface area (Å²) in [4.78, 5) is 0. The predicted octanol–water partition coefficient (Wildman–Crippen LogP) is 4.31. The van der Waals surface area contributed by atoms with Gasteiger partial charge in [-0.15, -0.1) is 0 Å². The summed E-state index contributed by atoms with van der Waals surface area (Å²) in [7, 11) is 1.45. The van der Waals surface area contributed by atoms with Gasteiger partial charge < -0.3 is 9.47 Å². The normalized spacial score (nSPS) is 10.3. The summed E-state index contributed by atoms with van der Waals surface area (Å²) in [6, 6.07) is 12.7. The van der Waals surface area contributed by atoms with E-state index in [1.165, 1.54) is 13.2 Å². The molecule has 0 aromatic heterocycles. The minimum atomic E-state index is -0.361. The first-order chi connectivity index (χ1) is 9.24. The molecule has 4 heteroatoms. The van der Waals surface area contributed by atoms with Crippen LogP contribution in [0.2, 0.25) is 0 Å². The molecule has 0 N–H and O–H groups in total. The van der Waals surface area contributed by atoms with E-state index in [2.05, 4.69) is 15.9 Å². The number of alkyl halides is 1. The van der Waals surface area contributed by atoms with Crippen molar-refractivity contribution in [2.45, 2.75) is 11.9 Å². The van der Waals surface area contributed by atoms with Crippen molar-refractivity contribution in [3.8, 4) is 11.5 Å². The molecule has 0 bridgehead atoms. The molecule has 2 nitrogen and oxygen atoms in total. The van der Waals surface area contributed by atoms with Gasteiger partial charge in [-0.1, -0.05) is 34.1 Å². The Labute approximate surface area is 120 Å². The summed E-state index contributed by atoms with van der Waals surface area (Å²) in [5.41, 5.74) is 1.76. The zero-order valence-electron chi connectivity index (χ0n) is 10.5. The van der Waals surface area contributed by atoms with Crippen LogP contribution in [0.25, 0.3) is 0 Å². The standard InChI is InChI=1S/C15H14BrFO2/c1-18-15-8-12(11(9-16)7-14(15)17)10-19-13-5-3-2-4-6-13/h2-8H,9-10H2,1H3. The van der Waals surface area contributed by atoms with Crippen LogP contribution in [0.3, 0.4) is 0 Å². The zero-order valence-corrected chi connectivity index (χ0v) is 12.1. The van der Waals surface area contributed by atoms with E-state index < -0.39 is 0 Å². The van der Waals surface area contributed by atoms with E-state index in [0.29, 0.717) is 11.9 Å². The lowest BCUT2D eigenvalue weighted by molar-refractivity contribution is 0.303. The molecule has 0 aliphatic rings. The molecule has 100 valence electrons. The van der Waals surface area contributed by atoms with E-state index in [-0.39, 0.29) is 11.6 Å². The van der Waals surface area contributed by atoms with E-state index in [0.717, 1.165) is 16.9 Å². The minimum absolute atomic E-state index is 0.233. The number of para-hydroxylation sites is 1. The topological polar surface area (TPSA) is 18.5 Å². The highest BCUT2D eigenvalue weighted by Gasteiger charge is 2.10. The Morgan fingerprint density at radius 1 is 1.11 bits per heavy atom. The highest BCUT2D eigenvalue weighted by molar-refractivity contribution is 9.08. The van der Waals surface area contributed by atoms with Crippen LogP contribution in [0.1, 0.15) is 11.1 Å². The Kier molecular flexibility index (Phi) is 4.80. The smallest absolute Gasteiger partial charge is 0.165 e. The van der Waals surface area contributed by atoms with Crippen LogP contribution in [-0.4, -0.2) is 7.11 Å². The van der Waals surface area contributed by atoms with Crippen molar-refractivity contribution in [1.82, 2.24) is 0 Å². The Balaban J connectivity index is 2.19. The molecule has 2 rings (SSSR count). The average molecular weight is 325 g/mol. The van der Waals surface area contributed by atoms with Crippen molar-refractivity contribution in [1.29, 1.82) is 0 Å². The number of halogens is 2. The first kappa shape index (κ1) is 13.9. The van der Waals surface area contributed by atoms with Gasteiger partial charge in [-0.3, -0.25) is 0 Å². The van der Waals surface area contributed by atoms with Crippen LogP contribution in [0.5, 0.6) is 11.5 Å². The maximum Gasteiger partial charge on any atom is 0.165 e. The number of hydrogen-bond donors (Lipinski definition) is 0. The molecular formula is C15H14BrFO2. The Morgan fingerprint density at radius 3 is 2.47 bits per heavy atom. The van der Waals surface area contributed by atoms with Crippen molar-refractivity contribution in [3.05, 3.63) is 59.4 Å². The SMILES string of the molecule is COc1cc(COc2ccccc2)c(CBr)cc1F. The molecule has 0 fully saturated rings. The van der Waals surface area contributed by atoms with Gasteiger partial charge in [-0.05, 0) is 35.4 Å². The number of benzene rings is 2. The van der Waals surface area contributed by atoms with Crippen LogP contribution in [0, 0.1) is 5.82 Å². The number of methoxy groups -OCH3 is 1. The number of rotatable bonds is 5. The minimum Gasteiger partial charge on any atom is -0.494 e. The first-order valence-corrected chi connectivity index (χ1v) is 6.96. The van der Waals surface area contributed by atoms with E-state index in [1.54, 1.807) is 6.07 Å². The second-order valence-electron chi connectivity index (χ2n) is 3.99.